The molecule has 0 aliphatic heterocycles. The first-order chi connectivity index (χ1) is 8.97. The Kier molecular flexibility index (Phi) is 5.60. The van der Waals surface area contributed by atoms with E-state index in [1.807, 2.05) is 6.92 Å². The van der Waals surface area contributed by atoms with Gasteiger partial charge in [0.25, 0.3) is 0 Å². The van der Waals surface area contributed by atoms with E-state index in [0.29, 0.717) is 29.9 Å². The van der Waals surface area contributed by atoms with Gasteiger partial charge in [0, 0.05) is 12.5 Å². The van der Waals surface area contributed by atoms with Crippen LogP contribution in [0.5, 0.6) is 11.5 Å². The van der Waals surface area contributed by atoms with Crippen LogP contribution in [-0.2, 0) is 11.2 Å². The van der Waals surface area contributed by atoms with E-state index in [9.17, 15) is 9.18 Å². The zero-order valence-electron chi connectivity index (χ0n) is 11.4. The van der Waals surface area contributed by atoms with Crippen LogP contribution in [-0.4, -0.2) is 25.3 Å². The Hall–Kier alpha value is -1.78. The fourth-order valence-corrected chi connectivity index (χ4v) is 1.89. The van der Waals surface area contributed by atoms with Gasteiger partial charge in [0.05, 0.1) is 14.2 Å². The molecule has 0 amide bonds. The Morgan fingerprint density at radius 3 is 2.42 bits per heavy atom. The number of halogens is 1. The highest BCUT2D eigenvalue weighted by Gasteiger charge is 2.13. The third-order valence-corrected chi connectivity index (χ3v) is 2.98. The second-order valence-corrected chi connectivity index (χ2v) is 4.54. The van der Waals surface area contributed by atoms with Crippen molar-refractivity contribution in [2.75, 3.05) is 14.2 Å². The molecule has 1 aromatic carbocycles. The molecule has 0 saturated heterocycles. The molecule has 0 radical (unpaired) electrons. The lowest BCUT2D eigenvalue weighted by Crippen LogP contribution is -2.06. The van der Waals surface area contributed by atoms with Crippen LogP contribution < -0.4 is 9.47 Å². The highest BCUT2D eigenvalue weighted by Crippen LogP contribution is 2.30. The molecule has 0 fully saturated rings. The Bertz CT molecular complexity index is 445. The molecule has 0 aliphatic rings. The van der Waals surface area contributed by atoms with Gasteiger partial charge in [0.1, 0.15) is 5.82 Å². The molecule has 1 unspecified atom stereocenters. The van der Waals surface area contributed by atoms with Crippen LogP contribution in [0.1, 0.15) is 25.3 Å². The van der Waals surface area contributed by atoms with E-state index in [-0.39, 0.29) is 18.2 Å². The van der Waals surface area contributed by atoms with Gasteiger partial charge >= 0.3 is 5.97 Å². The second kappa shape index (κ2) is 6.97. The van der Waals surface area contributed by atoms with Crippen LogP contribution in [0, 0.1) is 11.7 Å². The first kappa shape index (κ1) is 15.3. The normalized spacial score (nSPS) is 12.0. The summed E-state index contributed by atoms with van der Waals surface area (Å²) in [6.07, 6.45) is 1.17. The van der Waals surface area contributed by atoms with Crippen molar-refractivity contribution in [2.24, 2.45) is 5.92 Å². The summed E-state index contributed by atoms with van der Waals surface area (Å²) >= 11 is 0. The van der Waals surface area contributed by atoms with Crippen molar-refractivity contribution in [1.29, 1.82) is 0 Å². The number of methoxy groups -OCH3 is 2. The number of carbonyl (C=O) groups is 1. The zero-order chi connectivity index (χ0) is 14.4. The fourth-order valence-electron chi connectivity index (χ4n) is 1.89. The molecule has 5 heteroatoms. The van der Waals surface area contributed by atoms with E-state index >= 15 is 0 Å². The summed E-state index contributed by atoms with van der Waals surface area (Å²) in [4.78, 5) is 10.6. The quantitative estimate of drug-likeness (QED) is 0.827. The first-order valence-electron chi connectivity index (χ1n) is 6.10. The molecule has 1 rings (SSSR count). The number of hydrogen-bond acceptors (Lipinski definition) is 3. The fraction of sp³-hybridized carbons (Fsp3) is 0.500. The van der Waals surface area contributed by atoms with Gasteiger partial charge in [0.2, 0.25) is 0 Å². The number of carboxylic acids is 1. The van der Waals surface area contributed by atoms with Crippen LogP contribution in [0.25, 0.3) is 0 Å². The molecule has 0 heterocycles. The molecule has 0 bridgehead atoms. The van der Waals surface area contributed by atoms with Crippen molar-refractivity contribution < 1.29 is 23.8 Å². The largest absolute Gasteiger partial charge is 0.493 e. The summed E-state index contributed by atoms with van der Waals surface area (Å²) in [7, 11) is 2.94. The number of ether oxygens (including phenoxy) is 2. The zero-order valence-corrected chi connectivity index (χ0v) is 11.4. The molecule has 0 aromatic heterocycles. The smallest absolute Gasteiger partial charge is 0.303 e. The van der Waals surface area contributed by atoms with E-state index in [4.69, 9.17) is 14.6 Å². The molecule has 0 spiro atoms. The highest BCUT2D eigenvalue weighted by molar-refractivity contribution is 5.66. The Morgan fingerprint density at radius 1 is 1.32 bits per heavy atom. The topological polar surface area (TPSA) is 55.8 Å². The van der Waals surface area contributed by atoms with Crippen molar-refractivity contribution in [3.63, 3.8) is 0 Å². The minimum Gasteiger partial charge on any atom is -0.493 e. The van der Waals surface area contributed by atoms with E-state index in [0.717, 1.165) is 0 Å². The molecule has 1 N–H and O–H groups in total. The lowest BCUT2D eigenvalue weighted by atomic mass is 9.98. The van der Waals surface area contributed by atoms with Gasteiger partial charge in [-0.25, -0.2) is 4.39 Å². The number of benzene rings is 1. The van der Waals surface area contributed by atoms with Gasteiger partial charge in [-0.2, -0.15) is 0 Å². The summed E-state index contributed by atoms with van der Waals surface area (Å²) in [5, 5.41) is 8.68. The molecule has 1 atom stereocenters. The number of carboxylic acid groups (broad SMARTS) is 1. The van der Waals surface area contributed by atoms with E-state index in [1.165, 1.54) is 20.3 Å². The standard InChI is InChI=1S/C14H19FO4/c1-9(6-14(16)17)4-5-10-7-12(18-2)13(19-3)8-11(10)15/h7-9H,4-6H2,1-3H3,(H,16,17). The van der Waals surface area contributed by atoms with E-state index in [1.54, 1.807) is 6.07 Å². The maximum atomic E-state index is 13.8. The van der Waals surface area contributed by atoms with E-state index in [2.05, 4.69) is 0 Å². The van der Waals surface area contributed by atoms with Gasteiger partial charge in [-0.15, -0.1) is 0 Å². The molecule has 0 saturated carbocycles. The predicted octanol–water partition coefficient (Wildman–Crippen LogP) is 2.89. The average Bonchev–Trinajstić information content (AvgIpc) is 2.36. The highest BCUT2D eigenvalue weighted by atomic mass is 19.1. The van der Waals surface area contributed by atoms with Crippen LogP contribution in [0.3, 0.4) is 0 Å². The molecule has 4 nitrogen and oxygen atoms in total. The van der Waals surface area contributed by atoms with Crippen LogP contribution in [0.4, 0.5) is 4.39 Å². The van der Waals surface area contributed by atoms with Gasteiger partial charge in [-0.05, 0) is 30.4 Å². The number of rotatable bonds is 7. The molecular formula is C14H19FO4. The second-order valence-electron chi connectivity index (χ2n) is 4.54. The van der Waals surface area contributed by atoms with Crippen LogP contribution >= 0.6 is 0 Å². The van der Waals surface area contributed by atoms with Gasteiger partial charge in [-0.3, -0.25) is 4.79 Å². The lowest BCUT2D eigenvalue weighted by molar-refractivity contribution is -0.138. The molecule has 19 heavy (non-hydrogen) atoms. The number of aliphatic carboxylic acids is 1. The Morgan fingerprint density at radius 2 is 1.89 bits per heavy atom. The predicted molar refractivity (Wildman–Crippen MR) is 69.2 cm³/mol. The minimum absolute atomic E-state index is 0.00463. The van der Waals surface area contributed by atoms with Crippen molar-refractivity contribution in [1.82, 2.24) is 0 Å². The van der Waals surface area contributed by atoms with Gasteiger partial charge in [-0.1, -0.05) is 6.92 Å². The Balaban J connectivity index is 2.75. The summed E-state index contributed by atoms with van der Waals surface area (Å²) in [6, 6.07) is 2.89. The maximum Gasteiger partial charge on any atom is 0.303 e. The number of aryl methyl sites for hydroxylation is 1. The summed E-state index contributed by atoms with van der Waals surface area (Å²) in [5.41, 5.74) is 0.509. The first-order valence-corrected chi connectivity index (χ1v) is 6.10. The van der Waals surface area contributed by atoms with Crippen molar-refractivity contribution in [3.05, 3.63) is 23.5 Å². The van der Waals surface area contributed by atoms with Crippen molar-refractivity contribution >= 4 is 5.97 Å². The summed E-state index contributed by atoms with van der Waals surface area (Å²) in [5.74, 6) is -0.363. The van der Waals surface area contributed by atoms with Gasteiger partial charge < -0.3 is 14.6 Å². The molecule has 0 aliphatic carbocycles. The summed E-state index contributed by atoms with van der Waals surface area (Å²) < 4.78 is 23.9. The van der Waals surface area contributed by atoms with Crippen LogP contribution in [0.15, 0.2) is 12.1 Å². The van der Waals surface area contributed by atoms with E-state index < -0.39 is 5.97 Å². The molecule has 1 aromatic rings. The average molecular weight is 270 g/mol. The molecule has 106 valence electrons. The maximum absolute atomic E-state index is 13.8. The monoisotopic (exact) mass is 270 g/mol. The third-order valence-electron chi connectivity index (χ3n) is 2.98. The van der Waals surface area contributed by atoms with Crippen molar-refractivity contribution in [3.8, 4) is 11.5 Å². The number of hydrogen-bond donors (Lipinski definition) is 1. The minimum atomic E-state index is -0.833. The molecular weight excluding hydrogens is 251 g/mol. The van der Waals surface area contributed by atoms with Crippen molar-refractivity contribution in [2.45, 2.75) is 26.2 Å². The third kappa shape index (κ3) is 4.43. The Labute approximate surface area is 112 Å². The van der Waals surface area contributed by atoms with Crippen LogP contribution in [0.2, 0.25) is 0 Å². The summed E-state index contributed by atoms with van der Waals surface area (Å²) in [6.45, 7) is 1.84. The van der Waals surface area contributed by atoms with Gasteiger partial charge in [0.15, 0.2) is 11.5 Å². The SMILES string of the molecule is COc1cc(F)c(CCC(C)CC(=O)O)cc1OC. The lowest BCUT2D eigenvalue weighted by Gasteiger charge is -2.12.